The summed E-state index contributed by atoms with van der Waals surface area (Å²) in [6, 6.07) is 0. The van der Waals surface area contributed by atoms with Crippen LogP contribution in [0.2, 0.25) is 0 Å². The molecule has 3 rings (SSSR count). The van der Waals surface area contributed by atoms with E-state index in [1.165, 1.54) is 77.0 Å². The molecule has 2 saturated carbocycles. The molecule has 3 fully saturated rings. The predicted octanol–water partition coefficient (Wildman–Crippen LogP) is 5.20. The summed E-state index contributed by atoms with van der Waals surface area (Å²) in [6.45, 7) is 0. The summed E-state index contributed by atoms with van der Waals surface area (Å²) in [6.07, 6.45) is 20.5. The van der Waals surface area contributed by atoms with Gasteiger partial charge >= 0.3 is 0 Å². The van der Waals surface area contributed by atoms with Crippen LogP contribution < -0.4 is 5.32 Å². The van der Waals surface area contributed by atoms with Gasteiger partial charge in [-0.1, -0.05) is 51.4 Å². The minimum atomic E-state index is -0.182. The van der Waals surface area contributed by atoms with Crippen LogP contribution >= 0.6 is 0 Å². The molecule has 21 heavy (non-hydrogen) atoms. The second-order valence-corrected chi connectivity index (χ2v) is 7.52. The van der Waals surface area contributed by atoms with Gasteiger partial charge in [0.15, 0.2) is 11.4 Å². The molecule has 122 valence electrons. The van der Waals surface area contributed by atoms with E-state index < -0.39 is 0 Å². The third-order valence-electron chi connectivity index (χ3n) is 5.64. The Bertz CT molecular complexity index is 268. The number of rotatable bonds is 0. The van der Waals surface area contributed by atoms with Crippen LogP contribution in [-0.4, -0.2) is 11.4 Å². The van der Waals surface area contributed by atoms with E-state index in [0.717, 1.165) is 25.7 Å². The van der Waals surface area contributed by atoms with Crippen molar-refractivity contribution in [1.82, 2.24) is 5.32 Å². The molecule has 0 radical (unpaired) electrons. The summed E-state index contributed by atoms with van der Waals surface area (Å²) in [5.74, 6) is 0. The zero-order valence-corrected chi connectivity index (χ0v) is 13.6. The van der Waals surface area contributed by atoms with Crippen LogP contribution in [0.5, 0.6) is 0 Å². The summed E-state index contributed by atoms with van der Waals surface area (Å²) in [5, 5.41) is 3.87. The molecule has 1 heterocycles. The lowest BCUT2D eigenvalue weighted by Crippen LogP contribution is -2.51. The van der Waals surface area contributed by atoms with Gasteiger partial charge in [0.05, 0.1) is 0 Å². The standard InChI is InChI=1S/C18H33NO2/c1-2-6-10-14-17(13-9-5-1)19-18(21-20-17)15-11-7-3-4-8-12-16-18/h19H,1-16H2. The van der Waals surface area contributed by atoms with Gasteiger partial charge in [-0.2, -0.15) is 0 Å². The molecular weight excluding hydrogens is 262 g/mol. The van der Waals surface area contributed by atoms with E-state index in [9.17, 15) is 0 Å². The Morgan fingerprint density at radius 3 is 1.05 bits per heavy atom. The normalized spacial score (nSPS) is 30.9. The smallest absolute Gasteiger partial charge is 0.156 e. The van der Waals surface area contributed by atoms with Crippen LogP contribution in [0.3, 0.4) is 0 Å². The molecule has 0 atom stereocenters. The van der Waals surface area contributed by atoms with Crippen molar-refractivity contribution in [2.45, 2.75) is 114 Å². The molecule has 1 saturated heterocycles. The molecule has 0 aromatic carbocycles. The monoisotopic (exact) mass is 295 g/mol. The van der Waals surface area contributed by atoms with Crippen molar-refractivity contribution in [3.05, 3.63) is 0 Å². The Hall–Kier alpha value is -0.120. The van der Waals surface area contributed by atoms with Crippen molar-refractivity contribution in [3.63, 3.8) is 0 Å². The van der Waals surface area contributed by atoms with E-state index in [-0.39, 0.29) is 11.4 Å². The van der Waals surface area contributed by atoms with E-state index in [2.05, 4.69) is 5.32 Å². The first-order valence-corrected chi connectivity index (χ1v) is 9.49. The third-order valence-corrected chi connectivity index (χ3v) is 5.64. The molecule has 0 aromatic rings. The van der Waals surface area contributed by atoms with Crippen molar-refractivity contribution in [1.29, 1.82) is 0 Å². The van der Waals surface area contributed by atoms with Crippen LogP contribution in [0.15, 0.2) is 0 Å². The Labute approximate surface area is 130 Å². The van der Waals surface area contributed by atoms with Gasteiger partial charge in [0.1, 0.15) is 0 Å². The fourth-order valence-corrected chi connectivity index (χ4v) is 4.34. The maximum absolute atomic E-state index is 5.99. The first-order valence-electron chi connectivity index (χ1n) is 9.49. The molecule has 3 heteroatoms. The van der Waals surface area contributed by atoms with Crippen molar-refractivity contribution in [2.75, 3.05) is 0 Å². The van der Waals surface area contributed by atoms with Crippen LogP contribution in [0, 0.1) is 0 Å². The van der Waals surface area contributed by atoms with Gasteiger partial charge in [-0.05, 0) is 51.4 Å². The average Bonchev–Trinajstić information content (AvgIpc) is 2.93. The van der Waals surface area contributed by atoms with Gasteiger partial charge < -0.3 is 0 Å². The highest BCUT2D eigenvalue weighted by atomic mass is 17.2. The van der Waals surface area contributed by atoms with Crippen LogP contribution in [0.4, 0.5) is 0 Å². The molecule has 0 amide bonds. The Morgan fingerprint density at radius 2 is 0.714 bits per heavy atom. The molecule has 1 aliphatic heterocycles. The van der Waals surface area contributed by atoms with Gasteiger partial charge in [-0.3, -0.25) is 5.32 Å². The molecule has 2 spiro atoms. The second kappa shape index (κ2) is 7.43. The zero-order valence-electron chi connectivity index (χ0n) is 13.6. The lowest BCUT2D eigenvalue weighted by molar-refractivity contribution is -0.355. The van der Waals surface area contributed by atoms with Crippen LogP contribution in [-0.2, 0) is 9.78 Å². The first-order chi connectivity index (χ1) is 10.3. The summed E-state index contributed by atoms with van der Waals surface area (Å²) >= 11 is 0. The lowest BCUT2D eigenvalue weighted by atomic mass is 9.95. The number of hydrogen-bond donors (Lipinski definition) is 1. The highest BCUT2D eigenvalue weighted by Crippen LogP contribution is 2.40. The third kappa shape index (κ3) is 4.20. The van der Waals surface area contributed by atoms with Gasteiger partial charge in [0, 0.05) is 0 Å². The van der Waals surface area contributed by atoms with E-state index in [0.29, 0.717) is 0 Å². The Morgan fingerprint density at radius 1 is 0.429 bits per heavy atom. The van der Waals surface area contributed by atoms with Gasteiger partial charge in [0.2, 0.25) is 0 Å². The largest absolute Gasteiger partial charge is 0.256 e. The summed E-state index contributed by atoms with van der Waals surface area (Å²) in [4.78, 5) is 12.0. The van der Waals surface area contributed by atoms with Crippen molar-refractivity contribution in [3.8, 4) is 0 Å². The van der Waals surface area contributed by atoms with Crippen molar-refractivity contribution < 1.29 is 9.78 Å². The van der Waals surface area contributed by atoms with Crippen LogP contribution in [0.1, 0.15) is 103 Å². The highest BCUT2D eigenvalue weighted by Gasteiger charge is 2.49. The van der Waals surface area contributed by atoms with Gasteiger partial charge in [0.25, 0.3) is 0 Å². The predicted molar refractivity (Wildman–Crippen MR) is 84.6 cm³/mol. The molecule has 3 nitrogen and oxygen atoms in total. The molecule has 2 aliphatic carbocycles. The summed E-state index contributed by atoms with van der Waals surface area (Å²) in [5.41, 5.74) is -0.364. The highest BCUT2D eigenvalue weighted by molar-refractivity contribution is 4.91. The Kier molecular flexibility index (Phi) is 5.58. The van der Waals surface area contributed by atoms with E-state index in [4.69, 9.17) is 9.78 Å². The van der Waals surface area contributed by atoms with Gasteiger partial charge in [-0.25, -0.2) is 9.78 Å². The summed E-state index contributed by atoms with van der Waals surface area (Å²) < 4.78 is 0. The molecule has 3 aliphatic rings. The Balaban J connectivity index is 1.65. The van der Waals surface area contributed by atoms with E-state index in [1.54, 1.807) is 0 Å². The quantitative estimate of drug-likeness (QED) is 0.623. The fraction of sp³-hybridized carbons (Fsp3) is 1.00. The molecule has 0 unspecified atom stereocenters. The van der Waals surface area contributed by atoms with Gasteiger partial charge in [-0.15, -0.1) is 0 Å². The van der Waals surface area contributed by atoms with Crippen molar-refractivity contribution >= 4 is 0 Å². The van der Waals surface area contributed by atoms with E-state index in [1.807, 2.05) is 0 Å². The topological polar surface area (TPSA) is 30.5 Å². The maximum Gasteiger partial charge on any atom is 0.156 e. The fourth-order valence-electron chi connectivity index (χ4n) is 4.34. The SMILES string of the molecule is C1CCCCC2(CCC1)NC1(CCCCCCCC1)OO2. The summed E-state index contributed by atoms with van der Waals surface area (Å²) in [7, 11) is 0. The molecule has 1 N–H and O–H groups in total. The van der Waals surface area contributed by atoms with Crippen LogP contribution in [0.25, 0.3) is 0 Å². The lowest BCUT2D eigenvalue weighted by Gasteiger charge is -2.30. The second-order valence-electron chi connectivity index (χ2n) is 7.52. The first kappa shape index (κ1) is 15.8. The number of hydrogen-bond acceptors (Lipinski definition) is 3. The zero-order chi connectivity index (χ0) is 14.4. The molecular formula is C18H33NO2. The molecule has 0 aromatic heterocycles. The number of nitrogens with one attached hydrogen (secondary N) is 1. The average molecular weight is 295 g/mol. The van der Waals surface area contributed by atoms with E-state index >= 15 is 0 Å². The molecule has 0 bridgehead atoms. The maximum atomic E-state index is 5.99. The van der Waals surface area contributed by atoms with Crippen molar-refractivity contribution in [2.24, 2.45) is 0 Å². The minimum Gasteiger partial charge on any atom is -0.256 e. The minimum absolute atomic E-state index is 0.182.